The molecule has 2 amide bonds. The highest BCUT2D eigenvalue weighted by molar-refractivity contribution is 8.23. The molecule has 1 saturated heterocycles. The standard InChI is InChI=1S/C15H14N4O3S3/c20-11(16-6-7-19-12(21)9-25-15(19)23)8-24-14-18-17-13(22-14)10-4-2-1-3-5-10/h1-5H,6-9H2,(H,16,20). The lowest BCUT2D eigenvalue weighted by molar-refractivity contribution is -0.124. The van der Waals surface area contributed by atoms with Crippen molar-refractivity contribution in [2.45, 2.75) is 5.22 Å². The van der Waals surface area contributed by atoms with E-state index in [1.54, 1.807) is 0 Å². The van der Waals surface area contributed by atoms with Gasteiger partial charge in [-0.15, -0.1) is 10.2 Å². The minimum atomic E-state index is -0.172. The van der Waals surface area contributed by atoms with Gasteiger partial charge in [0.2, 0.25) is 17.7 Å². The van der Waals surface area contributed by atoms with Crippen LogP contribution >= 0.6 is 35.7 Å². The van der Waals surface area contributed by atoms with Gasteiger partial charge in [0.15, 0.2) is 0 Å². The van der Waals surface area contributed by atoms with E-state index in [1.165, 1.54) is 28.4 Å². The Morgan fingerprint density at radius 2 is 2.16 bits per heavy atom. The first-order chi connectivity index (χ1) is 12.1. The monoisotopic (exact) mass is 394 g/mol. The molecule has 0 bridgehead atoms. The molecule has 25 heavy (non-hydrogen) atoms. The molecule has 1 aromatic heterocycles. The largest absolute Gasteiger partial charge is 0.411 e. The molecule has 1 N–H and O–H groups in total. The van der Waals surface area contributed by atoms with Gasteiger partial charge in [-0.3, -0.25) is 14.5 Å². The Bertz CT molecular complexity index is 765. The molecule has 0 atom stereocenters. The molecule has 0 radical (unpaired) electrons. The van der Waals surface area contributed by atoms with Gasteiger partial charge in [0.25, 0.3) is 5.22 Å². The van der Waals surface area contributed by atoms with Crippen LogP contribution < -0.4 is 5.32 Å². The number of hydrogen-bond acceptors (Lipinski definition) is 8. The molecule has 2 aromatic rings. The zero-order chi connectivity index (χ0) is 17.6. The average Bonchev–Trinajstić information content (AvgIpc) is 3.22. The summed E-state index contributed by atoms with van der Waals surface area (Å²) < 4.78 is 6.08. The zero-order valence-corrected chi connectivity index (χ0v) is 15.5. The van der Waals surface area contributed by atoms with Crippen LogP contribution in [0.4, 0.5) is 0 Å². The number of nitrogens with zero attached hydrogens (tertiary/aromatic N) is 3. The lowest BCUT2D eigenvalue weighted by atomic mass is 10.2. The average molecular weight is 395 g/mol. The predicted molar refractivity (Wildman–Crippen MR) is 100 cm³/mol. The molecular formula is C15H14N4O3S3. The fourth-order valence-electron chi connectivity index (χ4n) is 2.05. The first-order valence-corrected chi connectivity index (χ1v) is 9.77. The minimum absolute atomic E-state index is 0.0158. The lowest BCUT2D eigenvalue weighted by Gasteiger charge is -2.14. The molecule has 0 saturated carbocycles. The molecule has 130 valence electrons. The van der Waals surface area contributed by atoms with Crippen molar-refractivity contribution < 1.29 is 14.0 Å². The molecular weight excluding hydrogens is 380 g/mol. The second-order valence-corrected chi connectivity index (χ2v) is 7.51. The fraction of sp³-hybridized carbons (Fsp3) is 0.267. The highest BCUT2D eigenvalue weighted by atomic mass is 32.2. The molecule has 1 aromatic carbocycles. The van der Waals surface area contributed by atoms with Gasteiger partial charge in [-0.2, -0.15) is 0 Å². The van der Waals surface area contributed by atoms with Gasteiger partial charge in [-0.05, 0) is 12.1 Å². The molecule has 10 heteroatoms. The van der Waals surface area contributed by atoms with Crippen LogP contribution in [0.15, 0.2) is 40.0 Å². The van der Waals surface area contributed by atoms with Gasteiger partial charge < -0.3 is 9.73 Å². The van der Waals surface area contributed by atoms with E-state index in [9.17, 15) is 9.59 Å². The van der Waals surface area contributed by atoms with Crippen molar-refractivity contribution >= 4 is 51.9 Å². The van der Waals surface area contributed by atoms with Crippen LogP contribution in [0.5, 0.6) is 0 Å². The van der Waals surface area contributed by atoms with Crippen LogP contribution in [-0.2, 0) is 9.59 Å². The third-order valence-electron chi connectivity index (χ3n) is 3.25. The number of nitrogens with one attached hydrogen (secondary N) is 1. The molecule has 1 fully saturated rings. The highest BCUT2D eigenvalue weighted by Crippen LogP contribution is 2.22. The Labute approximate surface area is 157 Å². The number of hydrogen-bond donors (Lipinski definition) is 1. The highest BCUT2D eigenvalue weighted by Gasteiger charge is 2.25. The van der Waals surface area contributed by atoms with Crippen molar-refractivity contribution in [1.29, 1.82) is 0 Å². The maximum Gasteiger partial charge on any atom is 0.277 e. The van der Waals surface area contributed by atoms with E-state index in [4.69, 9.17) is 16.6 Å². The smallest absolute Gasteiger partial charge is 0.277 e. The van der Waals surface area contributed by atoms with Crippen LogP contribution in [-0.4, -0.2) is 55.8 Å². The number of benzene rings is 1. The summed E-state index contributed by atoms with van der Waals surface area (Å²) in [6.07, 6.45) is 0. The molecule has 0 spiro atoms. The van der Waals surface area contributed by atoms with Crippen LogP contribution in [0, 0.1) is 0 Å². The van der Waals surface area contributed by atoms with Gasteiger partial charge in [0.05, 0.1) is 11.5 Å². The van der Waals surface area contributed by atoms with Gasteiger partial charge >= 0.3 is 0 Å². The number of carbonyl (C=O) groups excluding carboxylic acids is 2. The summed E-state index contributed by atoms with van der Waals surface area (Å²) in [5, 5.41) is 11.0. The Morgan fingerprint density at radius 1 is 1.36 bits per heavy atom. The summed E-state index contributed by atoms with van der Waals surface area (Å²) in [4.78, 5) is 24.9. The Balaban J connectivity index is 1.41. The van der Waals surface area contributed by atoms with E-state index in [-0.39, 0.29) is 17.6 Å². The van der Waals surface area contributed by atoms with Crippen molar-refractivity contribution in [2.75, 3.05) is 24.6 Å². The second-order valence-electron chi connectivity index (χ2n) is 4.98. The third-order valence-corrected chi connectivity index (χ3v) is 5.50. The zero-order valence-electron chi connectivity index (χ0n) is 13.0. The number of aromatic nitrogens is 2. The second kappa shape index (κ2) is 8.45. The summed E-state index contributed by atoms with van der Waals surface area (Å²) in [6.45, 7) is 0.741. The first-order valence-electron chi connectivity index (χ1n) is 7.39. The van der Waals surface area contributed by atoms with E-state index in [0.29, 0.717) is 34.3 Å². The van der Waals surface area contributed by atoms with Crippen molar-refractivity contribution in [3.63, 3.8) is 0 Å². The van der Waals surface area contributed by atoms with Crippen LogP contribution in [0.2, 0.25) is 0 Å². The van der Waals surface area contributed by atoms with E-state index in [0.717, 1.165) is 5.56 Å². The Hall–Kier alpha value is -1.91. The van der Waals surface area contributed by atoms with Crippen LogP contribution in [0.1, 0.15) is 0 Å². The molecule has 7 nitrogen and oxygen atoms in total. The summed E-state index contributed by atoms with van der Waals surface area (Å²) in [5.41, 5.74) is 0.829. The van der Waals surface area contributed by atoms with Crippen molar-refractivity contribution in [3.05, 3.63) is 30.3 Å². The number of amides is 2. The third kappa shape index (κ3) is 4.80. The fourth-order valence-corrected chi connectivity index (χ4v) is 3.76. The minimum Gasteiger partial charge on any atom is -0.411 e. The van der Waals surface area contributed by atoms with Gasteiger partial charge in [0.1, 0.15) is 4.32 Å². The number of thiocarbonyl (C=S) groups is 1. The molecule has 0 aliphatic carbocycles. The summed E-state index contributed by atoms with van der Waals surface area (Å²) in [6, 6.07) is 9.42. The Kier molecular flexibility index (Phi) is 6.05. The van der Waals surface area contributed by atoms with E-state index in [1.807, 2.05) is 30.3 Å². The maximum atomic E-state index is 11.9. The molecule has 2 heterocycles. The normalized spacial score (nSPS) is 14.2. The van der Waals surface area contributed by atoms with Crippen molar-refractivity contribution in [1.82, 2.24) is 20.4 Å². The van der Waals surface area contributed by atoms with Crippen molar-refractivity contribution in [2.24, 2.45) is 0 Å². The maximum absolute atomic E-state index is 11.9. The quantitative estimate of drug-likeness (QED) is 0.562. The van der Waals surface area contributed by atoms with Gasteiger partial charge in [-0.25, -0.2) is 0 Å². The first kappa shape index (κ1) is 17.9. The summed E-state index contributed by atoms with van der Waals surface area (Å²) in [5.74, 6) is 0.766. The molecule has 1 aliphatic rings. The van der Waals surface area contributed by atoms with E-state index >= 15 is 0 Å². The van der Waals surface area contributed by atoms with Gasteiger partial charge in [-0.1, -0.05) is 53.9 Å². The van der Waals surface area contributed by atoms with Gasteiger partial charge in [0, 0.05) is 18.7 Å². The SMILES string of the molecule is O=C(CSc1nnc(-c2ccccc2)o1)NCCN1C(=O)CSC1=S. The molecule has 0 unspecified atom stereocenters. The number of rotatable bonds is 7. The van der Waals surface area contributed by atoms with Crippen molar-refractivity contribution in [3.8, 4) is 11.5 Å². The Morgan fingerprint density at radius 3 is 2.88 bits per heavy atom. The number of carbonyl (C=O) groups is 2. The van der Waals surface area contributed by atoms with Crippen LogP contribution in [0.3, 0.4) is 0 Å². The lowest BCUT2D eigenvalue weighted by Crippen LogP contribution is -2.37. The predicted octanol–water partition coefficient (Wildman–Crippen LogP) is 1.81. The number of thioether (sulfide) groups is 2. The molecule has 1 aliphatic heterocycles. The van der Waals surface area contributed by atoms with Crippen LogP contribution in [0.25, 0.3) is 11.5 Å². The van der Waals surface area contributed by atoms with E-state index < -0.39 is 0 Å². The van der Waals surface area contributed by atoms with E-state index in [2.05, 4.69) is 15.5 Å². The topological polar surface area (TPSA) is 88.3 Å². The molecule has 3 rings (SSSR count). The summed E-state index contributed by atoms with van der Waals surface area (Å²) >= 11 is 7.59. The summed E-state index contributed by atoms with van der Waals surface area (Å²) in [7, 11) is 0.